The minimum Gasteiger partial charge on any atom is -0.355 e. The molecule has 5 aromatic rings. The summed E-state index contributed by atoms with van der Waals surface area (Å²) in [6.07, 6.45) is 5.27. The predicted octanol–water partition coefficient (Wildman–Crippen LogP) is 6.99. The number of aryl methyl sites for hydroxylation is 2. The van der Waals surface area contributed by atoms with Crippen LogP contribution in [0.25, 0.3) is 10.9 Å². The standard InChI is InChI=1S/C29H25N5O/c1-19-3-10-26-25(17-19)27(13-16-31-26)32-22-8-5-21(6-9-22)29(35)34-24-7-4-20(2)28(18-24)33-23-11-14-30-15-12-23/h3-18H,1-2H3,(H,30,33)(H,31,32)(H,34,35). The fourth-order valence-electron chi connectivity index (χ4n) is 3.86. The third kappa shape index (κ3) is 5.12. The largest absolute Gasteiger partial charge is 0.355 e. The molecule has 0 saturated heterocycles. The molecule has 2 aromatic heterocycles. The highest BCUT2D eigenvalue weighted by atomic mass is 16.1. The molecule has 0 saturated carbocycles. The number of rotatable bonds is 6. The van der Waals surface area contributed by atoms with E-state index in [1.807, 2.05) is 73.7 Å². The molecule has 1 amide bonds. The van der Waals surface area contributed by atoms with Gasteiger partial charge in [-0.2, -0.15) is 0 Å². The topological polar surface area (TPSA) is 78.9 Å². The maximum atomic E-state index is 12.9. The number of carbonyl (C=O) groups is 1. The molecule has 0 atom stereocenters. The quantitative estimate of drug-likeness (QED) is 0.255. The predicted molar refractivity (Wildman–Crippen MR) is 143 cm³/mol. The summed E-state index contributed by atoms with van der Waals surface area (Å²) in [5.74, 6) is -0.166. The van der Waals surface area contributed by atoms with Crippen molar-refractivity contribution in [3.63, 3.8) is 0 Å². The van der Waals surface area contributed by atoms with Gasteiger partial charge in [-0.3, -0.25) is 14.8 Å². The van der Waals surface area contributed by atoms with Crippen molar-refractivity contribution in [1.82, 2.24) is 9.97 Å². The molecule has 0 aliphatic carbocycles. The summed E-state index contributed by atoms with van der Waals surface area (Å²) in [4.78, 5) is 21.4. The zero-order chi connectivity index (χ0) is 24.2. The summed E-state index contributed by atoms with van der Waals surface area (Å²) in [7, 11) is 0. The molecule has 172 valence electrons. The number of benzene rings is 3. The summed E-state index contributed by atoms with van der Waals surface area (Å²) in [6, 6.07) is 25.2. The van der Waals surface area contributed by atoms with E-state index in [4.69, 9.17) is 0 Å². The second kappa shape index (κ2) is 9.65. The van der Waals surface area contributed by atoms with Crippen LogP contribution in [0.5, 0.6) is 0 Å². The third-order valence-electron chi connectivity index (χ3n) is 5.78. The maximum Gasteiger partial charge on any atom is 0.255 e. The summed E-state index contributed by atoms with van der Waals surface area (Å²) in [5.41, 5.74) is 8.23. The zero-order valence-electron chi connectivity index (χ0n) is 19.5. The van der Waals surface area contributed by atoms with Crippen LogP contribution in [-0.4, -0.2) is 15.9 Å². The lowest BCUT2D eigenvalue weighted by Crippen LogP contribution is -2.12. The first kappa shape index (κ1) is 22.1. The monoisotopic (exact) mass is 459 g/mol. The molecule has 0 fully saturated rings. The molecule has 35 heavy (non-hydrogen) atoms. The smallest absolute Gasteiger partial charge is 0.255 e. The minimum atomic E-state index is -0.166. The number of fused-ring (bicyclic) bond motifs is 1. The number of pyridine rings is 2. The Kier molecular flexibility index (Phi) is 6.09. The number of hydrogen-bond acceptors (Lipinski definition) is 5. The van der Waals surface area contributed by atoms with Gasteiger partial charge in [0.15, 0.2) is 0 Å². The highest BCUT2D eigenvalue weighted by Gasteiger charge is 2.09. The highest BCUT2D eigenvalue weighted by molar-refractivity contribution is 6.05. The molecule has 0 unspecified atom stereocenters. The Morgan fingerprint density at radius 2 is 1.40 bits per heavy atom. The Hall–Kier alpha value is -4.71. The Morgan fingerprint density at radius 1 is 0.686 bits per heavy atom. The molecule has 0 spiro atoms. The lowest BCUT2D eigenvalue weighted by molar-refractivity contribution is 0.102. The first-order valence-corrected chi connectivity index (χ1v) is 11.4. The van der Waals surface area contributed by atoms with Gasteiger partial charge < -0.3 is 16.0 Å². The lowest BCUT2D eigenvalue weighted by Gasteiger charge is -2.13. The van der Waals surface area contributed by atoms with E-state index in [9.17, 15) is 4.79 Å². The molecule has 3 aromatic carbocycles. The first-order valence-electron chi connectivity index (χ1n) is 11.4. The number of aromatic nitrogens is 2. The van der Waals surface area contributed by atoms with E-state index in [2.05, 4.69) is 45.0 Å². The van der Waals surface area contributed by atoms with E-state index < -0.39 is 0 Å². The summed E-state index contributed by atoms with van der Waals surface area (Å²) in [6.45, 7) is 4.09. The van der Waals surface area contributed by atoms with Crippen molar-refractivity contribution in [2.75, 3.05) is 16.0 Å². The first-order chi connectivity index (χ1) is 17.0. The van der Waals surface area contributed by atoms with Crippen LogP contribution in [0.2, 0.25) is 0 Å². The minimum absolute atomic E-state index is 0.166. The zero-order valence-corrected chi connectivity index (χ0v) is 19.5. The number of amides is 1. The van der Waals surface area contributed by atoms with E-state index >= 15 is 0 Å². The highest BCUT2D eigenvalue weighted by Crippen LogP contribution is 2.27. The number of hydrogen-bond donors (Lipinski definition) is 3. The molecule has 0 bridgehead atoms. The van der Waals surface area contributed by atoms with Crippen molar-refractivity contribution >= 4 is 45.2 Å². The van der Waals surface area contributed by atoms with E-state index in [0.29, 0.717) is 5.56 Å². The third-order valence-corrected chi connectivity index (χ3v) is 5.78. The molecule has 6 heteroatoms. The number of nitrogens with one attached hydrogen (secondary N) is 3. The van der Waals surface area contributed by atoms with E-state index in [1.54, 1.807) is 18.6 Å². The van der Waals surface area contributed by atoms with E-state index in [-0.39, 0.29) is 5.91 Å². The summed E-state index contributed by atoms with van der Waals surface area (Å²) >= 11 is 0. The molecular formula is C29H25N5O. The molecule has 3 N–H and O–H groups in total. The lowest BCUT2D eigenvalue weighted by atomic mass is 10.1. The van der Waals surface area contributed by atoms with Gasteiger partial charge in [-0.1, -0.05) is 17.7 Å². The van der Waals surface area contributed by atoms with Crippen molar-refractivity contribution in [1.29, 1.82) is 0 Å². The van der Waals surface area contributed by atoms with Gasteiger partial charge in [0, 0.05) is 58.0 Å². The molecular weight excluding hydrogens is 434 g/mol. The Morgan fingerprint density at radius 3 is 2.20 bits per heavy atom. The van der Waals surface area contributed by atoms with Crippen LogP contribution < -0.4 is 16.0 Å². The fraction of sp³-hybridized carbons (Fsp3) is 0.0690. The Bertz CT molecular complexity index is 1500. The van der Waals surface area contributed by atoms with Crippen molar-refractivity contribution in [2.24, 2.45) is 0 Å². The van der Waals surface area contributed by atoms with Gasteiger partial charge in [-0.15, -0.1) is 0 Å². The van der Waals surface area contributed by atoms with Crippen molar-refractivity contribution in [2.45, 2.75) is 13.8 Å². The van der Waals surface area contributed by atoms with Crippen LogP contribution in [0.15, 0.2) is 97.5 Å². The Balaban J connectivity index is 1.29. The van der Waals surface area contributed by atoms with Gasteiger partial charge in [0.1, 0.15) is 0 Å². The van der Waals surface area contributed by atoms with Gasteiger partial charge in [0.25, 0.3) is 5.91 Å². The summed E-state index contributed by atoms with van der Waals surface area (Å²) < 4.78 is 0. The normalized spacial score (nSPS) is 10.7. The van der Waals surface area contributed by atoms with Crippen LogP contribution in [-0.2, 0) is 0 Å². The summed E-state index contributed by atoms with van der Waals surface area (Å²) in [5, 5.41) is 10.9. The SMILES string of the molecule is Cc1ccc2nccc(Nc3ccc(C(=O)Nc4ccc(C)c(Nc5ccncc5)c4)cc3)c2c1. The number of anilines is 5. The van der Waals surface area contributed by atoms with Gasteiger partial charge in [0.2, 0.25) is 0 Å². The van der Waals surface area contributed by atoms with Gasteiger partial charge >= 0.3 is 0 Å². The average molecular weight is 460 g/mol. The van der Waals surface area contributed by atoms with Gasteiger partial charge in [0.05, 0.1) is 5.52 Å². The van der Waals surface area contributed by atoms with Gasteiger partial charge in [-0.25, -0.2) is 0 Å². The second-order valence-electron chi connectivity index (χ2n) is 8.43. The second-order valence-corrected chi connectivity index (χ2v) is 8.43. The average Bonchev–Trinajstić information content (AvgIpc) is 2.87. The fourth-order valence-corrected chi connectivity index (χ4v) is 3.86. The van der Waals surface area contributed by atoms with E-state index in [0.717, 1.165) is 44.9 Å². The van der Waals surface area contributed by atoms with Gasteiger partial charge in [-0.05, 0) is 86.1 Å². The molecule has 0 aliphatic rings. The van der Waals surface area contributed by atoms with Crippen molar-refractivity contribution in [3.05, 3.63) is 114 Å². The van der Waals surface area contributed by atoms with Crippen LogP contribution in [0.3, 0.4) is 0 Å². The van der Waals surface area contributed by atoms with Crippen LogP contribution in [0.1, 0.15) is 21.5 Å². The van der Waals surface area contributed by atoms with Crippen LogP contribution in [0.4, 0.5) is 28.4 Å². The Labute approximate surface area is 204 Å². The number of carbonyl (C=O) groups excluding carboxylic acids is 1. The maximum absolute atomic E-state index is 12.9. The molecule has 5 rings (SSSR count). The van der Waals surface area contributed by atoms with Crippen molar-refractivity contribution < 1.29 is 4.79 Å². The molecule has 0 radical (unpaired) electrons. The van der Waals surface area contributed by atoms with E-state index in [1.165, 1.54) is 5.56 Å². The number of nitrogens with zero attached hydrogens (tertiary/aromatic N) is 2. The van der Waals surface area contributed by atoms with Crippen molar-refractivity contribution in [3.8, 4) is 0 Å². The molecule has 2 heterocycles. The van der Waals surface area contributed by atoms with Crippen LogP contribution in [0, 0.1) is 13.8 Å². The molecule has 6 nitrogen and oxygen atoms in total. The molecule has 0 aliphatic heterocycles. The van der Waals surface area contributed by atoms with Crippen LogP contribution >= 0.6 is 0 Å².